The van der Waals surface area contributed by atoms with Gasteiger partial charge in [-0.3, -0.25) is 4.72 Å². The van der Waals surface area contributed by atoms with Crippen LogP contribution in [0.3, 0.4) is 0 Å². The zero-order valence-corrected chi connectivity index (χ0v) is 14.6. The fourth-order valence-electron chi connectivity index (χ4n) is 1.64. The Bertz CT molecular complexity index is 878. The van der Waals surface area contributed by atoms with Crippen molar-refractivity contribution in [3.05, 3.63) is 46.4 Å². The summed E-state index contributed by atoms with van der Waals surface area (Å²) in [4.78, 5) is -0.273. The summed E-state index contributed by atoms with van der Waals surface area (Å²) in [6, 6.07) is 4.79. The summed E-state index contributed by atoms with van der Waals surface area (Å²) in [5, 5.41) is 3.61. The average molecular weight is 378 g/mol. The molecule has 0 aliphatic rings. The van der Waals surface area contributed by atoms with Gasteiger partial charge in [-0.2, -0.15) is 11.3 Å². The molecular formula is C13H15FN2O4S3. The standard InChI is InChI=1S/C13H15FN2O4S3/c1-2-22(17,18)16-13-4-3-11(7-12(13)14)23(19,20)15-8-10-5-6-21-9-10/h3-7,9,15-16H,2,8H2,1H3. The van der Waals surface area contributed by atoms with Gasteiger partial charge in [0.25, 0.3) is 0 Å². The molecule has 0 amide bonds. The maximum atomic E-state index is 13.9. The highest BCUT2D eigenvalue weighted by Crippen LogP contribution is 2.20. The molecule has 126 valence electrons. The number of hydrogen-bond acceptors (Lipinski definition) is 5. The Morgan fingerprint density at radius 2 is 1.91 bits per heavy atom. The van der Waals surface area contributed by atoms with Crippen molar-refractivity contribution in [2.75, 3.05) is 10.5 Å². The second-order valence-corrected chi connectivity index (χ2v) is 9.16. The minimum Gasteiger partial charge on any atom is -0.281 e. The second kappa shape index (κ2) is 6.95. The van der Waals surface area contributed by atoms with Gasteiger partial charge in [0.1, 0.15) is 5.82 Å². The number of nitrogens with one attached hydrogen (secondary N) is 2. The van der Waals surface area contributed by atoms with Crippen LogP contribution in [0, 0.1) is 5.82 Å². The Hall–Kier alpha value is -1.49. The maximum Gasteiger partial charge on any atom is 0.240 e. The Balaban J connectivity index is 2.18. The van der Waals surface area contributed by atoms with Crippen LogP contribution in [0.25, 0.3) is 0 Å². The topological polar surface area (TPSA) is 92.3 Å². The summed E-state index contributed by atoms with van der Waals surface area (Å²) in [5.74, 6) is -1.17. The molecule has 0 unspecified atom stereocenters. The predicted octanol–water partition coefficient (Wildman–Crippen LogP) is 2.13. The third kappa shape index (κ3) is 4.74. The van der Waals surface area contributed by atoms with E-state index >= 15 is 0 Å². The molecule has 2 aromatic rings. The Morgan fingerprint density at radius 3 is 2.48 bits per heavy atom. The maximum absolute atomic E-state index is 13.9. The highest BCUT2D eigenvalue weighted by molar-refractivity contribution is 7.92. The molecule has 1 aromatic heterocycles. The van der Waals surface area contributed by atoms with Crippen molar-refractivity contribution in [2.24, 2.45) is 0 Å². The van der Waals surface area contributed by atoms with E-state index in [-0.39, 0.29) is 22.9 Å². The van der Waals surface area contributed by atoms with Gasteiger partial charge in [-0.05, 0) is 47.5 Å². The van der Waals surface area contributed by atoms with Gasteiger partial charge in [0.05, 0.1) is 16.3 Å². The third-order valence-electron chi connectivity index (χ3n) is 2.94. The van der Waals surface area contributed by atoms with Crippen molar-refractivity contribution in [3.8, 4) is 0 Å². The van der Waals surface area contributed by atoms with Gasteiger partial charge >= 0.3 is 0 Å². The van der Waals surface area contributed by atoms with Crippen LogP contribution in [0.1, 0.15) is 12.5 Å². The molecule has 1 heterocycles. The summed E-state index contributed by atoms with van der Waals surface area (Å²) in [6.07, 6.45) is 0. The van der Waals surface area contributed by atoms with Crippen LogP contribution in [0.4, 0.5) is 10.1 Å². The van der Waals surface area contributed by atoms with E-state index in [0.717, 1.165) is 23.8 Å². The number of anilines is 1. The molecule has 0 saturated heterocycles. The van der Waals surface area contributed by atoms with E-state index in [1.165, 1.54) is 18.3 Å². The summed E-state index contributed by atoms with van der Waals surface area (Å²) < 4.78 is 65.5. The molecule has 10 heteroatoms. The van der Waals surface area contributed by atoms with Crippen LogP contribution in [-0.2, 0) is 26.6 Å². The lowest BCUT2D eigenvalue weighted by Gasteiger charge is -2.10. The van der Waals surface area contributed by atoms with E-state index in [9.17, 15) is 21.2 Å². The van der Waals surface area contributed by atoms with Gasteiger partial charge in [0.15, 0.2) is 0 Å². The molecule has 0 saturated carbocycles. The van der Waals surface area contributed by atoms with Gasteiger partial charge in [0.2, 0.25) is 20.0 Å². The molecule has 2 N–H and O–H groups in total. The minimum atomic E-state index is -3.89. The fraction of sp³-hybridized carbons (Fsp3) is 0.231. The monoisotopic (exact) mass is 378 g/mol. The molecule has 6 nitrogen and oxygen atoms in total. The molecule has 0 radical (unpaired) electrons. The van der Waals surface area contributed by atoms with E-state index in [2.05, 4.69) is 9.44 Å². The average Bonchev–Trinajstić information content (AvgIpc) is 3.00. The number of thiophene rings is 1. The van der Waals surface area contributed by atoms with Crippen LogP contribution in [0.15, 0.2) is 39.9 Å². The second-order valence-electron chi connectivity index (χ2n) is 4.60. The first-order valence-corrected chi connectivity index (χ1v) is 10.6. The van der Waals surface area contributed by atoms with E-state index in [1.54, 1.807) is 11.4 Å². The molecular weight excluding hydrogens is 363 g/mol. The number of sulfonamides is 2. The Kier molecular flexibility index (Phi) is 5.40. The summed E-state index contributed by atoms with van der Waals surface area (Å²) >= 11 is 1.44. The Morgan fingerprint density at radius 1 is 1.17 bits per heavy atom. The normalized spacial score (nSPS) is 12.3. The molecule has 1 aromatic carbocycles. The van der Waals surface area contributed by atoms with Crippen LogP contribution in [-0.4, -0.2) is 22.6 Å². The zero-order chi connectivity index (χ0) is 17.1. The quantitative estimate of drug-likeness (QED) is 0.772. The van der Waals surface area contributed by atoms with Crippen LogP contribution in [0.2, 0.25) is 0 Å². The Labute approximate surface area is 138 Å². The molecule has 0 spiro atoms. The lowest BCUT2D eigenvalue weighted by molar-refractivity contribution is 0.578. The van der Waals surface area contributed by atoms with Crippen molar-refractivity contribution in [1.29, 1.82) is 0 Å². The lowest BCUT2D eigenvalue weighted by Crippen LogP contribution is -2.23. The zero-order valence-electron chi connectivity index (χ0n) is 12.1. The molecule has 23 heavy (non-hydrogen) atoms. The summed E-state index contributed by atoms with van der Waals surface area (Å²) in [5.41, 5.74) is 0.509. The summed E-state index contributed by atoms with van der Waals surface area (Å²) in [6.45, 7) is 1.51. The molecule has 0 bridgehead atoms. The van der Waals surface area contributed by atoms with Crippen LogP contribution in [0.5, 0.6) is 0 Å². The number of rotatable bonds is 7. The van der Waals surface area contributed by atoms with Gasteiger partial charge in [-0.15, -0.1) is 0 Å². The first-order chi connectivity index (χ1) is 10.7. The minimum absolute atomic E-state index is 0.0949. The molecule has 0 atom stereocenters. The van der Waals surface area contributed by atoms with Crippen molar-refractivity contribution >= 4 is 37.1 Å². The third-order valence-corrected chi connectivity index (χ3v) is 6.36. The molecule has 2 rings (SSSR count). The smallest absolute Gasteiger partial charge is 0.240 e. The van der Waals surface area contributed by atoms with Gasteiger partial charge in [0, 0.05) is 6.54 Å². The van der Waals surface area contributed by atoms with Gasteiger partial charge in [-0.25, -0.2) is 25.9 Å². The van der Waals surface area contributed by atoms with Gasteiger partial charge < -0.3 is 0 Å². The molecule has 0 aliphatic heterocycles. The fourth-order valence-corrected chi connectivity index (χ4v) is 3.98. The molecule has 0 fully saturated rings. The summed E-state index contributed by atoms with van der Waals surface area (Å²) in [7, 11) is -7.52. The van der Waals surface area contributed by atoms with Crippen molar-refractivity contribution in [2.45, 2.75) is 18.4 Å². The van der Waals surface area contributed by atoms with Crippen LogP contribution < -0.4 is 9.44 Å². The first kappa shape index (κ1) is 17.9. The van der Waals surface area contributed by atoms with Crippen molar-refractivity contribution in [1.82, 2.24) is 4.72 Å². The van der Waals surface area contributed by atoms with E-state index in [0.29, 0.717) is 0 Å². The van der Waals surface area contributed by atoms with E-state index < -0.39 is 25.9 Å². The van der Waals surface area contributed by atoms with Crippen molar-refractivity contribution < 1.29 is 21.2 Å². The van der Waals surface area contributed by atoms with E-state index in [4.69, 9.17) is 0 Å². The highest BCUT2D eigenvalue weighted by Gasteiger charge is 2.18. The predicted molar refractivity (Wildman–Crippen MR) is 87.8 cm³/mol. The van der Waals surface area contributed by atoms with Crippen LogP contribution >= 0.6 is 11.3 Å². The van der Waals surface area contributed by atoms with E-state index in [1.807, 2.05) is 5.38 Å². The highest BCUT2D eigenvalue weighted by atomic mass is 32.2. The van der Waals surface area contributed by atoms with Gasteiger partial charge in [-0.1, -0.05) is 0 Å². The SMILES string of the molecule is CCS(=O)(=O)Nc1ccc(S(=O)(=O)NCc2ccsc2)cc1F. The number of hydrogen-bond donors (Lipinski definition) is 2. The first-order valence-electron chi connectivity index (χ1n) is 6.54. The number of halogens is 1. The number of benzene rings is 1. The lowest BCUT2D eigenvalue weighted by atomic mass is 10.3. The largest absolute Gasteiger partial charge is 0.281 e. The van der Waals surface area contributed by atoms with Crippen molar-refractivity contribution in [3.63, 3.8) is 0 Å². The molecule has 0 aliphatic carbocycles.